The molecule has 0 bridgehead atoms. The van der Waals surface area contributed by atoms with Crippen molar-refractivity contribution in [3.8, 4) is 5.69 Å². The van der Waals surface area contributed by atoms with Crippen molar-refractivity contribution in [2.45, 2.75) is 19.4 Å². The number of nitrogens with zero attached hydrogens (tertiary/aromatic N) is 4. The quantitative estimate of drug-likeness (QED) is 0.880. The summed E-state index contributed by atoms with van der Waals surface area (Å²) < 4.78 is 6.68. The lowest BCUT2D eigenvalue weighted by molar-refractivity contribution is -0.154. The van der Waals surface area contributed by atoms with Crippen LogP contribution in [0.25, 0.3) is 5.69 Å². The van der Waals surface area contributed by atoms with Crippen LogP contribution in [0.4, 0.5) is 0 Å². The number of rotatable bonds is 4. The van der Waals surface area contributed by atoms with Crippen LogP contribution in [0.2, 0.25) is 5.02 Å². The number of aliphatic carboxylic acids is 1. The van der Waals surface area contributed by atoms with Crippen LogP contribution < -0.4 is 0 Å². The van der Waals surface area contributed by atoms with Gasteiger partial charge in [-0.1, -0.05) is 30.7 Å². The normalized spacial score (nSPS) is 17.5. The molecule has 1 amide bonds. The van der Waals surface area contributed by atoms with E-state index in [9.17, 15) is 9.59 Å². The first-order valence-electron chi connectivity index (χ1n) is 7.85. The number of benzene rings is 1. The number of para-hydroxylation sites is 1. The number of aryl methyl sites for hydroxylation is 1. The Morgan fingerprint density at radius 3 is 2.84 bits per heavy atom. The van der Waals surface area contributed by atoms with Gasteiger partial charge in [0.1, 0.15) is 5.82 Å². The van der Waals surface area contributed by atoms with Crippen LogP contribution in [0, 0.1) is 0 Å². The fourth-order valence-corrected chi connectivity index (χ4v) is 2.82. The van der Waals surface area contributed by atoms with Crippen molar-refractivity contribution in [3.05, 3.63) is 40.9 Å². The Morgan fingerprint density at radius 1 is 1.40 bits per heavy atom. The lowest BCUT2D eigenvalue weighted by atomic mass is 10.2. The van der Waals surface area contributed by atoms with Crippen LogP contribution >= 0.6 is 11.6 Å². The molecule has 0 radical (unpaired) electrons. The fraction of sp³-hybridized carbons (Fsp3) is 0.375. The van der Waals surface area contributed by atoms with Gasteiger partial charge in [0.05, 0.1) is 23.9 Å². The average Bonchev–Trinajstić information content (AvgIpc) is 3.05. The second-order valence-corrected chi connectivity index (χ2v) is 5.92. The van der Waals surface area contributed by atoms with Crippen molar-refractivity contribution < 1.29 is 19.4 Å². The second kappa shape index (κ2) is 7.20. The summed E-state index contributed by atoms with van der Waals surface area (Å²) in [6.45, 7) is 2.33. The Bertz CT molecular complexity index is 807. The third-order valence-corrected chi connectivity index (χ3v) is 4.21. The number of carbonyl (C=O) groups excluding carboxylic acids is 1. The lowest BCUT2D eigenvalue weighted by Crippen LogP contribution is -2.48. The minimum atomic E-state index is -1.10. The molecule has 1 fully saturated rings. The maximum absolute atomic E-state index is 12.7. The Kier molecular flexibility index (Phi) is 5.00. The topological polar surface area (TPSA) is 97.6 Å². The van der Waals surface area contributed by atoms with Gasteiger partial charge in [-0.2, -0.15) is 0 Å². The van der Waals surface area contributed by atoms with Crippen molar-refractivity contribution in [1.29, 1.82) is 0 Å². The molecule has 0 unspecified atom stereocenters. The zero-order valence-electron chi connectivity index (χ0n) is 13.6. The van der Waals surface area contributed by atoms with Gasteiger partial charge >= 0.3 is 5.97 Å². The van der Waals surface area contributed by atoms with Gasteiger partial charge in [-0.25, -0.2) is 14.5 Å². The number of aromatic nitrogens is 3. The minimum absolute atomic E-state index is 0.0165. The first-order chi connectivity index (χ1) is 12.0. The number of amides is 1. The number of halogens is 1. The van der Waals surface area contributed by atoms with E-state index in [1.807, 2.05) is 13.0 Å². The first-order valence-corrected chi connectivity index (χ1v) is 8.23. The van der Waals surface area contributed by atoms with Gasteiger partial charge in [0.15, 0.2) is 6.10 Å². The van der Waals surface area contributed by atoms with Gasteiger partial charge in [0, 0.05) is 13.0 Å². The zero-order valence-corrected chi connectivity index (χ0v) is 14.3. The molecule has 132 valence electrons. The number of morpholine rings is 1. The molecule has 2 heterocycles. The smallest absolute Gasteiger partial charge is 0.334 e. The summed E-state index contributed by atoms with van der Waals surface area (Å²) in [5.41, 5.74) is 0.637. The molecule has 25 heavy (non-hydrogen) atoms. The molecule has 8 nitrogen and oxygen atoms in total. The molecule has 1 N–H and O–H groups in total. The summed E-state index contributed by atoms with van der Waals surface area (Å²) in [5, 5.41) is 13.9. The van der Waals surface area contributed by atoms with E-state index in [0.29, 0.717) is 29.5 Å². The van der Waals surface area contributed by atoms with E-state index in [-0.39, 0.29) is 19.0 Å². The Labute approximate surface area is 149 Å². The SMILES string of the molecule is CCc1nc(C(=O)N2CCO[C@@H](C(=O)O)C2)nn1-c1ccccc1Cl. The number of ether oxygens (including phenoxy) is 1. The highest BCUT2D eigenvalue weighted by molar-refractivity contribution is 6.32. The molecular weight excluding hydrogens is 348 g/mol. The van der Waals surface area contributed by atoms with E-state index in [4.69, 9.17) is 21.4 Å². The average molecular weight is 365 g/mol. The molecule has 1 aliphatic rings. The van der Waals surface area contributed by atoms with Crippen molar-refractivity contribution in [1.82, 2.24) is 19.7 Å². The highest BCUT2D eigenvalue weighted by Gasteiger charge is 2.31. The molecule has 1 aromatic carbocycles. The van der Waals surface area contributed by atoms with E-state index < -0.39 is 18.0 Å². The zero-order chi connectivity index (χ0) is 18.0. The summed E-state index contributed by atoms with van der Waals surface area (Å²) in [6.07, 6.45) is -0.471. The highest BCUT2D eigenvalue weighted by atomic mass is 35.5. The van der Waals surface area contributed by atoms with Crippen LogP contribution in [-0.2, 0) is 16.0 Å². The first kappa shape index (κ1) is 17.4. The van der Waals surface area contributed by atoms with Gasteiger partial charge in [0.2, 0.25) is 5.82 Å². The summed E-state index contributed by atoms with van der Waals surface area (Å²) in [7, 11) is 0. The Morgan fingerprint density at radius 2 is 2.16 bits per heavy atom. The minimum Gasteiger partial charge on any atom is -0.479 e. The molecule has 1 saturated heterocycles. The molecule has 0 saturated carbocycles. The van der Waals surface area contributed by atoms with E-state index in [0.717, 1.165) is 0 Å². The number of hydrogen-bond donors (Lipinski definition) is 1. The van der Waals surface area contributed by atoms with Crippen molar-refractivity contribution in [2.75, 3.05) is 19.7 Å². The van der Waals surface area contributed by atoms with Crippen molar-refractivity contribution in [3.63, 3.8) is 0 Å². The summed E-state index contributed by atoms with van der Waals surface area (Å²) in [4.78, 5) is 29.4. The van der Waals surface area contributed by atoms with Crippen LogP contribution in [0.1, 0.15) is 23.4 Å². The maximum atomic E-state index is 12.7. The number of hydrogen-bond acceptors (Lipinski definition) is 5. The van der Waals surface area contributed by atoms with Crippen LogP contribution in [0.5, 0.6) is 0 Å². The lowest BCUT2D eigenvalue weighted by Gasteiger charge is -2.29. The van der Waals surface area contributed by atoms with E-state index in [2.05, 4.69) is 10.1 Å². The predicted molar refractivity (Wildman–Crippen MR) is 89.0 cm³/mol. The van der Waals surface area contributed by atoms with Gasteiger partial charge < -0.3 is 14.7 Å². The predicted octanol–water partition coefficient (Wildman–Crippen LogP) is 1.41. The largest absolute Gasteiger partial charge is 0.479 e. The standard InChI is InChI=1S/C16H17ClN4O4/c1-2-13-18-14(19-21(13)11-6-4-3-5-10(11)17)15(22)20-7-8-25-12(9-20)16(23)24/h3-6,12H,2,7-9H2,1H3,(H,23,24)/t12-/m1/s1. The number of carboxylic acid groups (broad SMARTS) is 1. The van der Waals surface area contributed by atoms with Crippen molar-refractivity contribution in [2.24, 2.45) is 0 Å². The molecule has 1 aromatic heterocycles. The molecule has 1 atom stereocenters. The molecule has 0 aliphatic carbocycles. The molecular formula is C16H17ClN4O4. The van der Waals surface area contributed by atoms with E-state index >= 15 is 0 Å². The second-order valence-electron chi connectivity index (χ2n) is 5.52. The summed E-state index contributed by atoms with van der Waals surface area (Å²) >= 11 is 6.21. The van der Waals surface area contributed by atoms with Gasteiger partial charge in [0.25, 0.3) is 5.91 Å². The molecule has 3 rings (SSSR count). The van der Waals surface area contributed by atoms with Crippen LogP contribution in [0.15, 0.2) is 24.3 Å². The molecule has 9 heteroatoms. The monoisotopic (exact) mass is 364 g/mol. The third kappa shape index (κ3) is 3.49. The van der Waals surface area contributed by atoms with E-state index in [1.165, 1.54) is 4.90 Å². The Balaban J connectivity index is 1.89. The number of carboxylic acids is 1. The summed E-state index contributed by atoms with van der Waals surface area (Å²) in [6, 6.07) is 7.15. The Hall–Kier alpha value is -2.45. The number of carbonyl (C=O) groups is 2. The van der Waals surface area contributed by atoms with Crippen LogP contribution in [-0.4, -0.2) is 62.4 Å². The molecule has 1 aliphatic heterocycles. The van der Waals surface area contributed by atoms with Gasteiger partial charge in [-0.3, -0.25) is 4.79 Å². The third-order valence-electron chi connectivity index (χ3n) is 3.89. The fourth-order valence-electron chi connectivity index (χ4n) is 2.60. The van der Waals surface area contributed by atoms with Gasteiger partial charge in [-0.05, 0) is 12.1 Å². The highest BCUT2D eigenvalue weighted by Crippen LogP contribution is 2.21. The van der Waals surface area contributed by atoms with Crippen molar-refractivity contribution >= 4 is 23.5 Å². The summed E-state index contributed by atoms with van der Waals surface area (Å²) in [5.74, 6) is -0.904. The van der Waals surface area contributed by atoms with Gasteiger partial charge in [-0.15, -0.1) is 5.10 Å². The maximum Gasteiger partial charge on any atom is 0.334 e. The van der Waals surface area contributed by atoms with Crippen LogP contribution in [0.3, 0.4) is 0 Å². The molecule has 0 spiro atoms. The molecule has 2 aromatic rings. The van der Waals surface area contributed by atoms with E-state index in [1.54, 1.807) is 22.9 Å².